The minimum Gasteiger partial charge on any atom is -0.469 e. The lowest BCUT2D eigenvalue weighted by atomic mass is 10.1. The normalized spacial score (nSPS) is 14.8. The molecule has 6 heteroatoms. The number of halogens is 1. The number of nitrogens with two attached hydrogens (primary N) is 1. The molecule has 0 aliphatic heterocycles. The predicted molar refractivity (Wildman–Crippen MR) is 77.8 cm³/mol. The number of nitrogen functional groups attached to an aromatic ring is 1. The molecule has 0 saturated heterocycles. The van der Waals surface area contributed by atoms with Gasteiger partial charge in [-0.2, -0.15) is 0 Å². The zero-order valence-electron chi connectivity index (χ0n) is 11.4. The molecule has 3 rings (SSSR count). The first-order valence-electron chi connectivity index (χ1n) is 6.53. The molecule has 1 fully saturated rings. The number of nitrogens with zero attached hydrogens (tertiary/aromatic N) is 2. The van der Waals surface area contributed by atoms with E-state index in [2.05, 4.69) is 9.72 Å². The summed E-state index contributed by atoms with van der Waals surface area (Å²) in [5.41, 5.74) is 8.75. The first-order chi connectivity index (χ1) is 9.52. The van der Waals surface area contributed by atoms with Crippen molar-refractivity contribution in [1.29, 1.82) is 0 Å². The highest BCUT2D eigenvalue weighted by atomic mass is 35.5. The number of benzene rings is 1. The molecule has 1 aromatic heterocycles. The Kier molecular flexibility index (Phi) is 3.09. The van der Waals surface area contributed by atoms with Crippen LogP contribution in [0.25, 0.3) is 11.0 Å². The number of anilines is 1. The van der Waals surface area contributed by atoms with Crippen molar-refractivity contribution in [2.45, 2.75) is 25.2 Å². The van der Waals surface area contributed by atoms with E-state index >= 15 is 0 Å². The molecule has 0 spiro atoms. The molecule has 0 unspecified atom stereocenters. The van der Waals surface area contributed by atoms with Crippen molar-refractivity contribution in [2.75, 3.05) is 12.8 Å². The van der Waals surface area contributed by atoms with Gasteiger partial charge in [-0.1, -0.05) is 11.6 Å². The molecular formula is C14H16ClN3O2. The van der Waals surface area contributed by atoms with E-state index in [1.165, 1.54) is 20.0 Å². The summed E-state index contributed by atoms with van der Waals surface area (Å²) in [6.07, 6.45) is 2.44. The molecule has 0 atom stereocenters. The van der Waals surface area contributed by atoms with Gasteiger partial charge in [0.05, 0.1) is 35.3 Å². The number of aryl methyl sites for hydroxylation is 1. The third-order valence-electron chi connectivity index (χ3n) is 3.76. The maximum Gasteiger partial charge on any atom is 0.310 e. The fourth-order valence-electron chi connectivity index (χ4n) is 2.49. The molecule has 20 heavy (non-hydrogen) atoms. The molecule has 5 nitrogen and oxygen atoms in total. The lowest BCUT2D eigenvalue weighted by Gasteiger charge is -2.08. The Morgan fingerprint density at radius 3 is 2.90 bits per heavy atom. The Morgan fingerprint density at radius 1 is 1.60 bits per heavy atom. The SMILES string of the molecule is COC(=O)Cc1cc2nc(C3CC3)n(C)c2c(Cl)c1N. The van der Waals surface area contributed by atoms with Crippen molar-refractivity contribution in [3.63, 3.8) is 0 Å². The minimum atomic E-state index is -0.342. The summed E-state index contributed by atoms with van der Waals surface area (Å²) >= 11 is 6.36. The summed E-state index contributed by atoms with van der Waals surface area (Å²) < 4.78 is 6.68. The summed E-state index contributed by atoms with van der Waals surface area (Å²) in [7, 11) is 3.30. The van der Waals surface area contributed by atoms with E-state index < -0.39 is 0 Å². The predicted octanol–water partition coefficient (Wildman–Crippen LogP) is 2.40. The lowest BCUT2D eigenvalue weighted by Crippen LogP contribution is -2.07. The van der Waals surface area contributed by atoms with Crippen molar-refractivity contribution in [2.24, 2.45) is 7.05 Å². The van der Waals surface area contributed by atoms with Crippen LogP contribution in [-0.4, -0.2) is 22.6 Å². The zero-order valence-corrected chi connectivity index (χ0v) is 12.2. The van der Waals surface area contributed by atoms with E-state index in [0.29, 0.717) is 22.2 Å². The average molecular weight is 294 g/mol. The van der Waals surface area contributed by atoms with Gasteiger partial charge in [-0.15, -0.1) is 0 Å². The number of hydrogen-bond acceptors (Lipinski definition) is 4. The average Bonchev–Trinajstić information content (AvgIpc) is 3.20. The van der Waals surface area contributed by atoms with Gasteiger partial charge in [0.25, 0.3) is 0 Å². The molecule has 1 aliphatic rings. The van der Waals surface area contributed by atoms with E-state index in [1.807, 2.05) is 17.7 Å². The van der Waals surface area contributed by atoms with Gasteiger partial charge in [0, 0.05) is 13.0 Å². The maximum absolute atomic E-state index is 11.4. The van der Waals surface area contributed by atoms with E-state index in [-0.39, 0.29) is 12.4 Å². The number of carbonyl (C=O) groups excluding carboxylic acids is 1. The first-order valence-corrected chi connectivity index (χ1v) is 6.90. The summed E-state index contributed by atoms with van der Waals surface area (Å²) in [4.78, 5) is 16.1. The van der Waals surface area contributed by atoms with Crippen LogP contribution in [0.4, 0.5) is 5.69 Å². The Balaban J connectivity index is 2.15. The van der Waals surface area contributed by atoms with Gasteiger partial charge < -0.3 is 15.0 Å². The fraction of sp³-hybridized carbons (Fsp3) is 0.429. The van der Waals surface area contributed by atoms with Crippen molar-refractivity contribution in [3.8, 4) is 0 Å². The standard InChI is InChI=1S/C14H16ClN3O2/c1-18-13-9(17-14(18)7-3-4-7)5-8(6-10(19)20-2)12(16)11(13)15/h5,7H,3-4,6,16H2,1-2H3. The van der Waals surface area contributed by atoms with Gasteiger partial charge in [-0.05, 0) is 24.5 Å². The molecule has 1 heterocycles. The largest absolute Gasteiger partial charge is 0.469 e. The van der Waals surface area contributed by atoms with Crippen LogP contribution in [0, 0.1) is 0 Å². The summed E-state index contributed by atoms with van der Waals surface area (Å²) in [5.74, 6) is 1.22. The Hall–Kier alpha value is -1.75. The number of carbonyl (C=O) groups is 1. The van der Waals surface area contributed by atoms with Crippen LogP contribution in [0.2, 0.25) is 5.02 Å². The number of hydrogen-bond donors (Lipinski definition) is 1. The molecule has 1 saturated carbocycles. The third-order valence-corrected chi connectivity index (χ3v) is 4.15. The van der Waals surface area contributed by atoms with Crippen molar-refractivity contribution in [3.05, 3.63) is 22.5 Å². The van der Waals surface area contributed by atoms with Crippen molar-refractivity contribution in [1.82, 2.24) is 9.55 Å². The molecule has 1 aromatic carbocycles. The molecule has 0 radical (unpaired) electrons. The summed E-state index contributed by atoms with van der Waals surface area (Å²) in [6.45, 7) is 0. The number of fused-ring (bicyclic) bond motifs is 1. The van der Waals surface area contributed by atoms with Crippen LogP contribution >= 0.6 is 11.6 Å². The van der Waals surface area contributed by atoms with Crippen LogP contribution in [0.5, 0.6) is 0 Å². The maximum atomic E-state index is 11.4. The van der Waals surface area contributed by atoms with Gasteiger partial charge in [-0.3, -0.25) is 4.79 Å². The number of esters is 1. The van der Waals surface area contributed by atoms with Gasteiger partial charge >= 0.3 is 5.97 Å². The van der Waals surface area contributed by atoms with E-state index in [4.69, 9.17) is 17.3 Å². The molecule has 2 N–H and O–H groups in total. The number of imidazole rings is 1. The van der Waals surface area contributed by atoms with Gasteiger partial charge in [0.1, 0.15) is 5.82 Å². The molecular weight excluding hydrogens is 278 g/mol. The molecule has 0 amide bonds. The summed E-state index contributed by atoms with van der Waals surface area (Å²) in [5, 5.41) is 0.461. The van der Waals surface area contributed by atoms with Crippen molar-refractivity contribution < 1.29 is 9.53 Å². The fourth-order valence-corrected chi connectivity index (χ4v) is 2.83. The summed E-state index contributed by atoms with van der Waals surface area (Å²) in [6, 6.07) is 1.83. The van der Waals surface area contributed by atoms with Crippen LogP contribution in [0.1, 0.15) is 30.1 Å². The number of methoxy groups -OCH3 is 1. The van der Waals surface area contributed by atoms with Gasteiger partial charge in [0.2, 0.25) is 0 Å². The van der Waals surface area contributed by atoms with E-state index in [9.17, 15) is 4.79 Å². The van der Waals surface area contributed by atoms with Gasteiger partial charge in [0.15, 0.2) is 0 Å². The van der Waals surface area contributed by atoms with Gasteiger partial charge in [-0.25, -0.2) is 4.98 Å². The second-order valence-corrected chi connectivity index (χ2v) is 5.57. The number of rotatable bonds is 3. The van der Waals surface area contributed by atoms with E-state index in [0.717, 1.165) is 16.9 Å². The highest BCUT2D eigenvalue weighted by Crippen LogP contribution is 2.42. The number of aromatic nitrogens is 2. The van der Waals surface area contributed by atoms with E-state index in [1.54, 1.807) is 0 Å². The second-order valence-electron chi connectivity index (χ2n) is 5.19. The van der Waals surface area contributed by atoms with Crippen LogP contribution < -0.4 is 5.73 Å². The highest BCUT2D eigenvalue weighted by molar-refractivity contribution is 6.37. The quantitative estimate of drug-likeness (QED) is 0.697. The third kappa shape index (κ3) is 2.02. The van der Waals surface area contributed by atoms with Crippen molar-refractivity contribution >= 4 is 34.3 Å². The van der Waals surface area contributed by atoms with Crippen LogP contribution in [0.15, 0.2) is 6.07 Å². The topological polar surface area (TPSA) is 70.1 Å². The molecule has 1 aliphatic carbocycles. The first kappa shape index (κ1) is 13.2. The zero-order chi connectivity index (χ0) is 14.4. The lowest BCUT2D eigenvalue weighted by molar-refractivity contribution is -0.139. The number of ether oxygens (including phenoxy) is 1. The smallest absolute Gasteiger partial charge is 0.310 e. The highest BCUT2D eigenvalue weighted by Gasteiger charge is 2.29. The molecule has 106 valence electrons. The minimum absolute atomic E-state index is 0.104. The molecule has 0 bridgehead atoms. The molecule has 2 aromatic rings. The Morgan fingerprint density at radius 2 is 2.30 bits per heavy atom. The second kappa shape index (κ2) is 4.66. The van der Waals surface area contributed by atoms with Crippen LogP contribution in [-0.2, 0) is 23.0 Å². The Bertz CT molecular complexity index is 704. The monoisotopic (exact) mass is 293 g/mol. The Labute approximate surface area is 121 Å². The van der Waals surface area contributed by atoms with Crippen LogP contribution in [0.3, 0.4) is 0 Å².